The van der Waals surface area contributed by atoms with E-state index in [4.69, 9.17) is 0 Å². The third-order valence-electron chi connectivity index (χ3n) is 4.88. The Kier molecular flexibility index (Phi) is 6.89. The van der Waals surface area contributed by atoms with Gasteiger partial charge < -0.3 is 14.8 Å². The average molecular weight is 469 g/mol. The largest absolute Gasteiger partial charge is 0.416 e. The molecule has 0 spiro atoms. The van der Waals surface area contributed by atoms with E-state index in [2.05, 4.69) is 15.0 Å². The van der Waals surface area contributed by atoms with Gasteiger partial charge in [0.05, 0.1) is 16.6 Å². The predicted molar refractivity (Wildman–Crippen MR) is 119 cm³/mol. The number of nitrogens with zero attached hydrogens (tertiary/aromatic N) is 3. The van der Waals surface area contributed by atoms with Crippen LogP contribution in [0.15, 0.2) is 47.4 Å². The lowest BCUT2D eigenvalue weighted by Crippen LogP contribution is -2.27. The molecule has 0 aliphatic rings. The number of anilines is 1. The number of imidazole rings is 1. The van der Waals surface area contributed by atoms with Crippen molar-refractivity contribution in [3.8, 4) is 0 Å². The molecule has 0 bridgehead atoms. The van der Waals surface area contributed by atoms with Crippen LogP contribution in [0.3, 0.4) is 0 Å². The van der Waals surface area contributed by atoms with Crippen LogP contribution in [0.4, 0.5) is 23.7 Å². The van der Waals surface area contributed by atoms with Crippen molar-refractivity contribution in [1.82, 2.24) is 19.2 Å². The Labute approximate surface area is 186 Å². The van der Waals surface area contributed by atoms with Crippen LogP contribution >= 0.6 is 0 Å². The first-order chi connectivity index (χ1) is 15.0. The van der Waals surface area contributed by atoms with Gasteiger partial charge in [-0.1, -0.05) is 4.21 Å². The smallest absolute Gasteiger partial charge is 0.331 e. The average Bonchev–Trinajstić information content (AvgIpc) is 3.11. The fourth-order valence-corrected chi connectivity index (χ4v) is 4.24. The number of thiol groups is 1. The number of carbonyl (C=O) groups is 1. The van der Waals surface area contributed by atoms with Crippen molar-refractivity contribution < 1.29 is 22.2 Å². The molecular weight excluding hydrogens is 443 g/mol. The van der Waals surface area contributed by atoms with Crippen LogP contribution in [-0.2, 0) is 27.9 Å². The van der Waals surface area contributed by atoms with Crippen molar-refractivity contribution in [2.75, 3.05) is 19.4 Å². The predicted octanol–water partition coefficient (Wildman–Crippen LogP) is 4.49. The highest BCUT2D eigenvalue weighted by Gasteiger charge is 2.31. The van der Waals surface area contributed by atoms with Gasteiger partial charge in [-0.25, -0.2) is 9.78 Å². The monoisotopic (exact) mass is 468 g/mol. The molecule has 2 atom stereocenters. The van der Waals surface area contributed by atoms with E-state index in [-0.39, 0.29) is 6.03 Å². The van der Waals surface area contributed by atoms with Crippen molar-refractivity contribution in [2.45, 2.75) is 37.5 Å². The van der Waals surface area contributed by atoms with E-state index < -0.39 is 28.8 Å². The van der Waals surface area contributed by atoms with Crippen molar-refractivity contribution in [2.24, 2.45) is 0 Å². The molecular formula is C21H25F3N5O2S+. The number of urea groups is 1. The Morgan fingerprint density at radius 3 is 2.41 bits per heavy atom. The standard InChI is InChI=1S/C21H24F3N5O2S/c1-5-29-18-12-14(21(22,23)24)6-11-17(18)26-19(29)13(2)27-32(31)16-9-7-15(8-10-16)25-20(30)28(3)4/h6-13H,5H2,1-4H3,(H,25,30)(H,27,31)/p+1/t13-,32?/m1/s1. The number of rotatable bonds is 6. The number of halogens is 3. The normalized spacial score (nSPS) is 13.7. The number of benzene rings is 2. The number of amides is 2. The molecule has 0 saturated carbocycles. The first kappa shape index (κ1) is 23.7. The molecule has 1 heterocycles. The molecule has 7 nitrogen and oxygen atoms in total. The maximum atomic E-state index is 13.1. The summed E-state index contributed by atoms with van der Waals surface area (Å²) in [5.74, 6) is 0.500. The Morgan fingerprint density at radius 2 is 1.84 bits per heavy atom. The molecule has 0 radical (unpaired) electrons. The minimum absolute atomic E-state index is 0.277. The molecule has 3 rings (SSSR count). The van der Waals surface area contributed by atoms with Crippen LogP contribution in [-0.4, -0.2) is 34.6 Å². The molecule has 2 amide bonds. The zero-order chi connectivity index (χ0) is 23.6. The summed E-state index contributed by atoms with van der Waals surface area (Å²) in [6.07, 6.45) is -4.44. The maximum Gasteiger partial charge on any atom is 0.416 e. The summed E-state index contributed by atoms with van der Waals surface area (Å²) in [5, 5.41) is 2.70. The molecule has 3 aromatic rings. The SMILES string of the molecule is CCn1c([C@@H](C)N[SH+](=O)c2ccc(NC(=O)N(C)C)cc2)nc2ccc(C(F)(F)F)cc21. The van der Waals surface area contributed by atoms with E-state index >= 15 is 0 Å². The fourth-order valence-electron chi connectivity index (χ4n) is 3.20. The van der Waals surface area contributed by atoms with E-state index in [0.29, 0.717) is 34.0 Å². The minimum atomic E-state index is -4.44. The molecule has 2 aromatic carbocycles. The summed E-state index contributed by atoms with van der Waals surface area (Å²) in [6.45, 7) is 3.99. The van der Waals surface area contributed by atoms with Crippen LogP contribution in [0.5, 0.6) is 0 Å². The second-order valence-electron chi connectivity index (χ2n) is 7.43. The molecule has 0 aliphatic heterocycles. The third-order valence-corrected chi connectivity index (χ3v) is 6.27. The van der Waals surface area contributed by atoms with Crippen LogP contribution in [0, 0.1) is 0 Å². The van der Waals surface area contributed by atoms with Crippen molar-refractivity contribution in [3.05, 3.63) is 53.9 Å². The highest BCUT2D eigenvalue weighted by molar-refractivity contribution is 7.83. The molecule has 1 aromatic heterocycles. The molecule has 1 unspecified atom stereocenters. The second-order valence-corrected chi connectivity index (χ2v) is 8.80. The molecule has 32 heavy (non-hydrogen) atoms. The maximum absolute atomic E-state index is 13.1. The van der Waals surface area contributed by atoms with Gasteiger partial charge in [0.15, 0.2) is 15.9 Å². The van der Waals surface area contributed by atoms with Crippen molar-refractivity contribution in [3.63, 3.8) is 0 Å². The number of nitrogens with one attached hydrogen (secondary N) is 2. The summed E-state index contributed by atoms with van der Waals surface area (Å²) < 4.78 is 56.8. The summed E-state index contributed by atoms with van der Waals surface area (Å²) in [7, 11) is 1.24. The van der Waals surface area contributed by atoms with Crippen LogP contribution in [0.1, 0.15) is 31.3 Å². The molecule has 172 valence electrons. The Bertz CT molecular complexity index is 1140. The summed E-state index contributed by atoms with van der Waals surface area (Å²) >= 11 is 0. The number of hydrogen-bond acceptors (Lipinski definition) is 3. The number of fused-ring (bicyclic) bond motifs is 1. The lowest BCUT2D eigenvalue weighted by atomic mass is 10.2. The van der Waals surface area contributed by atoms with Gasteiger partial charge in [0.1, 0.15) is 11.9 Å². The van der Waals surface area contributed by atoms with Gasteiger partial charge in [-0.3, -0.25) is 0 Å². The number of aryl methyl sites for hydroxylation is 1. The lowest BCUT2D eigenvalue weighted by Gasteiger charge is -2.13. The van der Waals surface area contributed by atoms with Crippen LogP contribution < -0.4 is 10.0 Å². The van der Waals surface area contributed by atoms with Crippen molar-refractivity contribution in [1.29, 1.82) is 0 Å². The molecule has 11 heteroatoms. The fraction of sp³-hybridized carbons (Fsp3) is 0.333. The van der Waals surface area contributed by atoms with E-state index in [1.807, 2.05) is 6.92 Å². The van der Waals surface area contributed by atoms with Gasteiger partial charge in [0, 0.05) is 26.3 Å². The summed E-state index contributed by atoms with van der Waals surface area (Å²) in [5.41, 5.74) is 0.651. The van der Waals surface area contributed by atoms with E-state index in [1.54, 1.807) is 49.9 Å². The van der Waals surface area contributed by atoms with Gasteiger partial charge in [-0.05, 0) is 56.3 Å². The van der Waals surface area contributed by atoms with Gasteiger partial charge in [0.25, 0.3) is 0 Å². The summed E-state index contributed by atoms with van der Waals surface area (Å²) in [4.78, 5) is 18.1. The van der Waals surface area contributed by atoms with Gasteiger partial charge in [-0.2, -0.15) is 13.2 Å². The minimum Gasteiger partial charge on any atom is -0.331 e. The molecule has 0 saturated heterocycles. The van der Waals surface area contributed by atoms with E-state index in [1.165, 1.54) is 11.0 Å². The van der Waals surface area contributed by atoms with Gasteiger partial charge in [0.2, 0.25) is 0 Å². The van der Waals surface area contributed by atoms with E-state index in [9.17, 15) is 22.2 Å². The van der Waals surface area contributed by atoms with Gasteiger partial charge in [-0.15, -0.1) is 4.72 Å². The summed E-state index contributed by atoms with van der Waals surface area (Å²) in [6, 6.07) is 9.27. The first-order valence-corrected chi connectivity index (χ1v) is 11.2. The zero-order valence-corrected chi connectivity index (χ0v) is 19.0. The topological polar surface area (TPSA) is 79.3 Å². The number of aromatic nitrogens is 2. The van der Waals surface area contributed by atoms with Gasteiger partial charge >= 0.3 is 12.2 Å². The highest BCUT2D eigenvalue weighted by Crippen LogP contribution is 2.32. The number of alkyl halides is 3. The molecule has 2 N–H and O–H groups in total. The Balaban J connectivity index is 1.79. The van der Waals surface area contributed by atoms with Crippen LogP contribution in [0.25, 0.3) is 11.0 Å². The lowest BCUT2D eigenvalue weighted by molar-refractivity contribution is -0.137. The zero-order valence-electron chi connectivity index (χ0n) is 18.1. The second kappa shape index (κ2) is 9.29. The Morgan fingerprint density at radius 1 is 1.19 bits per heavy atom. The third kappa shape index (κ3) is 5.10. The highest BCUT2D eigenvalue weighted by atomic mass is 32.2. The first-order valence-electron chi connectivity index (χ1n) is 9.90. The Hall–Kier alpha value is -2.92. The van der Waals surface area contributed by atoms with Crippen molar-refractivity contribution >= 4 is 33.7 Å². The van der Waals surface area contributed by atoms with Crippen LogP contribution in [0.2, 0.25) is 0 Å². The molecule has 0 fully saturated rings. The number of carbonyl (C=O) groups excluding carboxylic acids is 1. The van der Waals surface area contributed by atoms with E-state index in [0.717, 1.165) is 12.1 Å². The number of hydrogen-bond donors (Lipinski definition) is 2. The quantitative estimate of drug-likeness (QED) is 0.413. The molecule has 0 aliphatic carbocycles.